The summed E-state index contributed by atoms with van der Waals surface area (Å²) in [5.41, 5.74) is 5.46. The molecule has 0 atom stereocenters. The number of alkyl halides is 3. The summed E-state index contributed by atoms with van der Waals surface area (Å²) in [6, 6.07) is 44.9. The molecule has 8 aromatic rings. The molecule has 0 fully saturated rings. The normalized spacial score (nSPS) is 11.4. The lowest BCUT2D eigenvalue weighted by Gasteiger charge is -2.17. The lowest BCUT2D eigenvalue weighted by molar-refractivity contribution is -0.137. The van der Waals surface area contributed by atoms with Gasteiger partial charge in [0.1, 0.15) is 0 Å². The van der Waals surface area contributed by atoms with E-state index in [1.165, 1.54) is 12.1 Å². The number of rotatable bonds is 5. The smallest absolute Gasteiger partial charge is 0.309 e. The molecule has 0 radical (unpaired) electrons. The number of hydrogen-bond donors (Lipinski definition) is 0. The van der Waals surface area contributed by atoms with Gasteiger partial charge in [0.15, 0.2) is 17.5 Å². The van der Waals surface area contributed by atoms with Crippen LogP contribution in [-0.2, 0) is 6.18 Å². The molecule has 0 bridgehead atoms. The van der Waals surface area contributed by atoms with Crippen LogP contribution in [0.1, 0.15) is 16.7 Å². The van der Waals surface area contributed by atoms with E-state index >= 15 is 0 Å². The largest absolute Gasteiger partial charge is 0.416 e. The Labute approximate surface area is 290 Å². The third-order valence-corrected chi connectivity index (χ3v) is 8.75. The minimum Gasteiger partial charge on any atom is -0.309 e. The molecule has 242 valence electrons. The van der Waals surface area contributed by atoms with Gasteiger partial charge in [0.05, 0.1) is 45.5 Å². The zero-order chi connectivity index (χ0) is 35.1. The molecule has 9 heteroatoms. The van der Waals surface area contributed by atoms with Gasteiger partial charge in [-0.15, -0.1) is 0 Å². The standard InChI is InChI=1S/C42H23F3N6/c43-42(44,45)32-16-13-28(14-17-32)33-20-15-31(41-49-39(29-7-3-1-4-8-29)48-40(50-41)30-9-5-2-6-10-30)23-38(33)51-36-21-26(24-46)11-18-34(36)35-19-12-27(25-47)22-37(35)51/h1-23H. The molecule has 8 rings (SSSR count). The molecule has 0 amide bonds. The Hall–Kier alpha value is -7.10. The highest BCUT2D eigenvalue weighted by atomic mass is 19.4. The van der Waals surface area contributed by atoms with Crippen molar-refractivity contribution in [3.8, 4) is 63.1 Å². The fourth-order valence-corrected chi connectivity index (χ4v) is 6.29. The van der Waals surface area contributed by atoms with Crippen LogP contribution in [0, 0.1) is 22.7 Å². The number of benzene rings is 6. The fraction of sp³-hybridized carbons (Fsp3) is 0.0238. The second-order valence-corrected chi connectivity index (χ2v) is 11.9. The van der Waals surface area contributed by atoms with Crippen LogP contribution in [0.25, 0.3) is 72.8 Å². The van der Waals surface area contributed by atoms with E-state index in [1.807, 2.05) is 95.6 Å². The topological polar surface area (TPSA) is 91.2 Å². The highest BCUT2D eigenvalue weighted by Gasteiger charge is 2.30. The van der Waals surface area contributed by atoms with Crippen molar-refractivity contribution in [1.29, 1.82) is 10.5 Å². The average Bonchev–Trinajstić information content (AvgIpc) is 3.50. The molecule has 0 N–H and O–H groups in total. The molecule has 0 aliphatic carbocycles. The Bertz CT molecular complexity index is 2560. The second kappa shape index (κ2) is 12.4. The van der Waals surface area contributed by atoms with Gasteiger partial charge in [0.25, 0.3) is 0 Å². The summed E-state index contributed by atoms with van der Waals surface area (Å²) in [6.45, 7) is 0. The maximum absolute atomic E-state index is 13.6. The number of nitrogens with zero attached hydrogens (tertiary/aromatic N) is 6. The van der Waals surface area contributed by atoms with E-state index in [4.69, 9.17) is 15.0 Å². The molecule has 0 aliphatic heterocycles. The summed E-state index contributed by atoms with van der Waals surface area (Å²) < 4.78 is 42.7. The number of aromatic nitrogens is 4. The Morgan fingerprint density at radius 2 is 0.961 bits per heavy atom. The highest BCUT2D eigenvalue weighted by Crippen LogP contribution is 2.40. The Balaban J connectivity index is 1.44. The third kappa shape index (κ3) is 5.73. The molecule has 0 unspecified atom stereocenters. The molecule has 0 aliphatic rings. The van der Waals surface area contributed by atoms with Gasteiger partial charge in [-0.3, -0.25) is 0 Å². The Kier molecular flexibility index (Phi) is 7.59. The average molecular weight is 669 g/mol. The van der Waals surface area contributed by atoms with E-state index in [1.54, 1.807) is 24.3 Å². The van der Waals surface area contributed by atoms with Crippen molar-refractivity contribution in [3.05, 3.63) is 156 Å². The van der Waals surface area contributed by atoms with Gasteiger partial charge in [0.2, 0.25) is 0 Å². The zero-order valence-electron chi connectivity index (χ0n) is 26.6. The molecular weight excluding hydrogens is 645 g/mol. The predicted octanol–water partition coefficient (Wildman–Crippen LogP) is 10.4. The van der Waals surface area contributed by atoms with E-state index in [0.29, 0.717) is 62.0 Å². The lowest BCUT2D eigenvalue weighted by Crippen LogP contribution is -2.04. The number of nitriles is 2. The lowest BCUT2D eigenvalue weighted by atomic mass is 9.99. The SMILES string of the molecule is N#Cc1ccc2c3ccc(C#N)cc3n(-c3cc(-c4nc(-c5ccccc5)nc(-c5ccccc5)n4)ccc3-c3ccc(C(F)(F)F)cc3)c2c1. The van der Waals surface area contributed by atoms with E-state index < -0.39 is 11.7 Å². The van der Waals surface area contributed by atoms with Crippen LogP contribution < -0.4 is 0 Å². The van der Waals surface area contributed by atoms with Crippen molar-refractivity contribution in [3.63, 3.8) is 0 Å². The van der Waals surface area contributed by atoms with Crippen molar-refractivity contribution in [2.75, 3.05) is 0 Å². The molecule has 2 aromatic heterocycles. The minimum absolute atomic E-state index is 0.388. The first kappa shape index (κ1) is 31.2. The maximum atomic E-state index is 13.6. The van der Waals surface area contributed by atoms with Crippen LogP contribution >= 0.6 is 0 Å². The van der Waals surface area contributed by atoms with E-state index in [2.05, 4.69) is 12.1 Å². The number of halogens is 3. The van der Waals surface area contributed by atoms with Crippen LogP contribution in [0.15, 0.2) is 140 Å². The third-order valence-electron chi connectivity index (χ3n) is 8.75. The van der Waals surface area contributed by atoms with Gasteiger partial charge < -0.3 is 4.57 Å². The first-order chi connectivity index (χ1) is 24.8. The van der Waals surface area contributed by atoms with Crippen molar-refractivity contribution >= 4 is 21.8 Å². The predicted molar refractivity (Wildman–Crippen MR) is 190 cm³/mol. The van der Waals surface area contributed by atoms with E-state index in [0.717, 1.165) is 34.0 Å². The fourth-order valence-electron chi connectivity index (χ4n) is 6.29. The summed E-state index contributed by atoms with van der Waals surface area (Å²) >= 11 is 0. The molecule has 0 saturated heterocycles. The van der Waals surface area contributed by atoms with E-state index in [-0.39, 0.29) is 0 Å². The molecule has 6 nitrogen and oxygen atoms in total. The molecular formula is C42H23F3N6. The van der Waals surface area contributed by atoms with Gasteiger partial charge in [-0.05, 0) is 48.0 Å². The number of hydrogen-bond acceptors (Lipinski definition) is 5. The second-order valence-electron chi connectivity index (χ2n) is 11.9. The van der Waals surface area contributed by atoms with Gasteiger partial charge in [-0.2, -0.15) is 23.7 Å². The molecule has 0 saturated carbocycles. The van der Waals surface area contributed by atoms with E-state index in [9.17, 15) is 23.7 Å². The quantitative estimate of drug-likeness (QED) is 0.182. The van der Waals surface area contributed by atoms with Gasteiger partial charge in [-0.25, -0.2) is 15.0 Å². The summed E-state index contributed by atoms with van der Waals surface area (Å²) in [7, 11) is 0. The van der Waals surface area contributed by atoms with Crippen LogP contribution in [0.3, 0.4) is 0 Å². The molecule has 51 heavy (non-hydrogen) atoms. The molecule has 2 heterocycles. The van der Waals surface area contributed by atoms with Gasteiger partial charge in [-0.1, -0.05) is 97.1 Å². The van der Waals surface area contributed by atoms with Crippen molar-refractivity contribution in [2.24, 2.45) is 0 Å². The maximum Gasteiger partial charge on any atom is 0.416 e. The van der Waals surface area contributed by atoms with Gasteiger partial charge >= 0.3 is 6.18 Å². The first-order valence-corrected chi connectivity index (χ1v) is 15.9. The van der Waals surface area contributed by atoms with Crippen molar-refractivity contribution < 1.29 is 13.2 Å². The van der Waals surface area contributed by atoms with Crippen LogP contribution in [0.5, 0.6) is 0 Å². The first-order valence-electron chi connectivity index (χ1n) is 15.9. The monoisotopic (exact) mass is 668 g/mol. The van der Waals surface area contributed by atoms with Crippen LogP contribution in [0.2, 0.25) is 0 Å². The molecule has 6 aromatic carbocycles. The summed E-state index contributed by atoms with van der Waals surface area (Å²) in [6.07, 6.45) is -4.49. The minimum atomic E-state index is -4.49. The summed E-state index contributed by atoms with van der Waals surface area (Å²) in [5, 5.41) is 21.4. The van der Waals surface area contributed by atoms with Gasteiger partial charge in [0, 0.05) is 33.0 Å². The van der Waals surface area contributed by atoms with Crippen LogP contribution in [0.4, 0.5) is 13.2 Å². The molecule has 0 spiro atoms. The van der Waals surface area contributed by atoms with Crippen LogP contribution in [-0.4, -0.2) is 19.5 Å². The summed E-state index contributed by atoms with van der Waals surface area (Å²) in [4.78, 5) is 14.6. The Morgan fingerprint density at radius 3 is 1.43 bits per heavy atom. The highest BCUT2D eigenvalue weighted by molar-refractivity contribution is 6.10. The van der Waals surface area contributed by atoms with Crippen molar-refractivity contribution in [2.45, 2.75) is 6.18 Å². The zero-order valence-corrected chi connectivity index (χ0v) is 26.6. The van der Waals surface area contributed by atoms with Crippen molar-refractivity contribution in [1.82, 2.24) is 19.5 Å². The summed E-state index contributed by atoms with van der Waals surface area (Å²) in [5.74, 6) is 1.34. The Morgan fingerprint density at radius 1 is 0.490 bits per heavy atom. The number of fused-ring (bicyclic) bond motifs is 3.